The highest BCUT2D eigenvalue weighted by Gasteiger charge is 2.16. The second kappa shape index (κ2) is 5.76. The molecular formula is C21H22N+. The van der Waals surface area contributed by atoms with Gasteiger partial charge in [0.2, 0.25) is 5.69 Å². The van der Waals surface area contributed by atoms with E-state index >= 15 is 0 Å². The molecule has 0 radical (unpaired) electrons. The normalized spacial score (nSPS) is 13.3. The van der Waals surface area contributed by atoms with Gasteiger partial charge in [0.05, 0.1) is 0 Å². The number of pyridine rings is 1. The van der Waals surface area contributed by atoms with Crippen LogP contribution in [-0.4, -0.2) is 0 Å². The summed E-state index contributed by atoms with van der Waals surface area (Å²) in [6.07, 6.45) is 1.74. The van der Waals surface area contributed by atoms with Gasteiger partial charge in [-0.15, -0.1) is 0 Å². The molecule has 0 saturated carbocycles. The summed E-state index contributed by atoms with van der Waals surface area (Å²) in [6.45, 7) is 2.00. The third kappa shape index (κ3) is 2.67. The van der Waals surface area contributed by atoms with Crippen molar-refractivity contribution in [3.8, 4) is 22.4 Å². The quantitative estimate of drug-likeness (QED) is 0.599. The van der Waals surface area contributed by atoms with Crippen LogP contribution >= 0.6 is 0 Å². The van der Waals surface area contributed by atoms with Crippen molar-refractivity contribution in [1.82, 2.24) is 0 Å². The Labute approximate surface area is 137 Å². The second-order valence-corrected chi connectivity index (χ2v) is 5.78. The molecule has 0 atom stereocenters. The lowest BCUT2D eigenvalue weighted by Crippen LogP contribution is -2.31. The van der Waals surface area contributed by atoms with Crippen molar-refractivity contribution in [3.63, 3.8) is 0 Å². The molecule has 0 aliphatic carbocycles. The maximum Gasteiger partial charge on any atom is 0.213 e. The van der Waals surface area contributed by atoms with Crippen LogP contribution in [0.2, 0.25) is 0 Å². The maximum atomic E-state index is 7.93. The van der Waals surface area contributed by atoms with Crippen molar-refractivity contribution < 1.29 is 8.68 Å². The van der Waals surface area contributed by atoms with Crippen LogP contribution in [0.5, 0.6) is 0 Å². The summed E-state index contributed by atoms with van der Waals surface area (Å²) in [4.78, 5) is 0. The smallest absolute Gasteiger partial charge is 0.201 e. The van der Waals surface area contributed by atoms with Gasteiger partial charge in [0.1, 0.15) is 7.05 Å². The molecule has 22 heavy (non-hydrogen) atoms. The van der Waals surface area contributed by atoms with Gasteiger partial charge in [-0.05, 0) is 43.5 Å². The number of aryl methyl sites for hydroxylation is 4. The van der Waals surface area contributed by atoms with Gasteiger partial charge >= 0.3 is 0 Å². The molecule has 1 nitrogen and oxygen atoms in total. The average molecular weight is 291 g/mol. The molecule has 0 spiro atoms. The van der Waals surface area contributed by atoms with E-state index in [1.807, 2.05) is 48.0 Å². The van der Waals surface area contributed by atoms with Gasteiger partial charge in [-0.25, -0.2) is 4.57 Å². The van der Waals surface area contributed by atoms with Crippen molar-refractivity contribution in [1.29, 1.82) is 0 Å². The zero-order valence-corrected chi connectivity index (χ0v) is 13.2. The Balaban J connectivity index is 2.29. The van der Waals surface area contributed by atoms with Crippen molar-refractivity contribution in [2.45, 2.75) is 20.7 Å². The van der Waals surface area contributed by atoms with E-state index in [1.54, 1.807) is 6.20 Å². The Morgan fingerprint density at radius 1 is 0.864 bits per heavy atom. The molecule has 0 amide bonds. The molecule has 0 fully saturated rings. The Morgan fingerprint density at radius 2 is 1.64 bits per heavy atom. The first kappa shape index (κ1) is 11.2. The molecular weight excluding hydrogens is 266 g/mol. The van der Waals surface area contributed by atoms with Crippen LogP contribution in [0.4, 0.5) is 0 Å². The maximum absolute atomic E-state index is 7.93. The van der Waals surface area contributed by atoms with Crippen molar-refractivity contribution in [2.75, 3.05) is 0 Å². The average Bonchev–Trinajstić information content (AvgIpc) is 2.55. The number of nitrogens with zero attached hydrogens (tertiary/aromatic N) is 1. The minimum atomic E-state index is -2.16. The molecule has 110 valence electrons. The molecule has 0 bridgehead atoms. The minimum absolute atomic E-state index is 0.370. The van der Waals surface area contributed by atoms with E-state index < -0.39 is 6.85 Å². The number of rotatable bonds is 2. The third-order valence-electron chi connectivity index (χ3n) is 4.02. The largest absolute Gasteiger partial charge is 0.213 e. The van der Waals surface area contributed by atoms with Gasteiger partial charge in [-0.3, -0.25) is 0 Å². The van der Waals surface area contributed by atoms with Gasteiger partial charge in [0, 0.05) is 21.3 Å². The molecule has 3 aromatic rings. The van der Waals surface area contributed by atoms with E-state index in [2.05, 4.69) is 32.0 Å². The van der Waals surface area contributed by atoms with E-state index in [-0.39, 0.29) is 0 Å². The first-order valence-corrected chi connectivity index (χ1v) is 7.44. The van der Waals surface area contributed by atoms with Crippen LogP contribution in [0.1, 0.15) is 20.8 Å². The van der Waals surface area contributed by atoms with Crippen LogP contribution in [0.15, 0.2) is 60.8 Å². The zero-order valence-electron chi connectivity index (χ0n) is 16.2. The molecule has 0 aliphatic heterocycles. The second-order valence-electron chi connectivity index (χ2n) is 5.78. The van der Waals surface area contributed by atoms with Crippen molar-refractivity contribution in [3.05, 3.63) is 77.5 Å². The lowest BCUT2D eigenvalue weighted by atomic mass is 9.97. The van der Waals surface area contributed by atoms with Crippen molar-refractivity contribution in [2.24, 2.45) is 7.05 Å². The fourth-order valence-corrected chi connectivity index (χ4v) is 2.87. The SMILES string of the molecule is [2H]C([2H])([2H])c1c[n+](C)c(-c2ccc(C)cc2C)cc1-c1ccccc1. The Hall–Kier alpha value is -2.41. The van der Waals surface area contributed by atoms with Crippen LogP contribution in [0, 0.1) is 20.7 Å². The molecule has 1 aromatic heterocycles. The van der Waals surface area contributed by atoms with E-state index in [4.69, 9.17) is 4.11 Å². The Morgan fingerprint density at radius 3 is 2.32 bits per heavy atom. The summed E-state index contributed by atoms with van der Waals surface area (Å²) in [5, 5.41) is 0. The first-order chi connectivity index (χ1) is 11.8. The number of hydrogen-bond acceptors (Lipinski definition) is 0. The standard InChI is InChI=1S/C21H22N/c1-15-10-11-19(16(2)12-15)21-13-20(17(3)14-22(21)4)18-8-6-5-7-9-18/h5-14H,1-4H3/q+1/i3D3. The summed E-state index contributed by atoms with van der Waals surface area (Å²) in [6, 6.07) is 18.0. The lowest BCUT2D eigenvalue weighted by molar-refractivity contribution is -0.660. The molecule has 0 saturated heterocycles. The molecule has 0 N–H and O–H groups in total. The Kier molecular flexibility index (Phi) is 2.93. The summed E-state index contributed by atoms with van der Waals surface area (Å²) >= 11 is 0. The van der Waals surface area contributed by atoms with Gasteiger partial charge < -0.3 is 0 Å². The third-order valence-corrected chi connectivity index (χ3v) is 4.02. The zero-order chi connectivity index (χ0) is 18.2. The van der Waals surface area contributed by atoms with E-state index in [1.165, 1.54) is 11.1 Å². The first-order valence-electron chi connectivity index (χ1n) is 8.94. The molecule has 3 rings (SSSR count). The van der Waals surface area contributed by atoms with Crippen LogP contribution in [0.3, 0.4) is 0 Å². The predicted molar refractivity (Wildman–Crippen MR) is 92.7 cm³/mol. The van der Waals surface area contributed by atoms with Crippen LogP contribution in [0.25, 0.3) is 22.4 Å². The molecule has 2 aromatic carbocycles. The van der Waals surface area contributed by atoms with Crippen LogP contribution in [-0.2, 0) is 7.05 Å². The molecule has 0 aliphatic rings. The highest BCUT2D eigenvalue weighted by Crippen LogP contribution is 2.28. The Bertz CT molecular complexity index is 912. The highest BCUT2D eigenvalue weighted by atomic mass is 14.9. The number of hydrogen-bond donors (Lipinski definition) is 0. The van der Waals surface area contributed by atoms with E-state index in [9.17, 15) is 0 Å². The van der Waals surface area contributed by atoms with Gasteiger partial charge in [0.15, 0.2) is 6.20 Å². The summed E-state index contributed by atoms with van der Waals surface area (Å²) < 4.78 is 25.7. The summed E-state index contributed by atoms with van der Waals surface area (Å²) in [7, 11) is 1.90. The topological polar surface area (TPSA) is 3.88 Å². The fourth-order valence-electron chi connectivity index (χ4n) is 2.87. The van der Waals surface area contributed by atoms with Gasteiger partial charge in [-0.1, -0.05) is 48.0 Å². The molecule has 1 heterocycles. The van der Waals surface area contributed by atoms with E-state index in [0.29, 0.717) is 5.56 Å². The number of aromatic nitrogens is 1. The van der Waals surface area contributed by atoms with E-state index in [0.717, 1.165) is 22.4 Å². The molecule has 0 unspecified atom stereocenters. The predicted octanol–water partition coefficient (Wildman–Crippen LogP) is 4.77. The van der Waals surface area contributed by atoms with Gasteiger partial charge in [0.25, 0.3) is 0 Å². The highest BCUT2D eigenvalue weighted by molar-refractivity contribution is 5.72. The molecule has 1 heteroatoms. The summed E-state index contributed by atoms with van der Waals surface area (Å²) in [5.74, 6) is 0. The lowest BCUT2D eigenvalue weighted by Gasteiger charge is -2.10. The van der Waals surface area contributed by atoms with Crippen molar-refractivity contribution >= 4 is 0 Å². The summed E-state index contributed by atoms with van der Waals surface area (Å²) in [5.41, 5.74) is 6.55. The minimum Gasteiger partial charge on any atom is -0.201 e. The number of benzene rings is 2. The van der Waals surface area contributed by atoms with Crippen LogP contribution < -0.4 is 4.57 Å². The fraction of sp³-hybridized carbons (Fsp3) is 0.190. The van der Waals surface area contributed by atoms with Gasteiger partial charge in [-0.2, -0.15) is 0 Å². The monoisotopic (exact) mass is 291 g/mol.